The van der Waals surface area contributed by atoms with Crippen LogP contribution in [0.5, 0.6) is 5.75 Å². The molecule has 0 aliphatic heterocycles. The molecule has 21 heavy (non-hydrogen) atoms. The molecule has 6 nitrogen and oxygen atoms in total. The Morgan fingerprint density at radius 2 is 2.14 bits per heavy atom. The molecule has 0 amide bonds. The van der Waals surface area contributed by atoms with Gasteiger partial charge in [-0.3, -0.25) is 0 Å². The summed E-state index contributed by atoms with van der Waals surface area (Å²) in [5.74, 6) is -0.145. The number of carbonyl (C=O) groups is 1. The predicted octanol–water partition coefficient (Wildman–Crippen LogP) is 2.32. The largest absolute Gasteiger partial charge is 0.493 e. The molecular formula is C15H19N3O3. The Balaban J connectivity index is 1.86. The van der Waals surface area contributed by atoms with E-state index >= 15 is 0 Å². The van der Waals surface area contributed by atoms with Gasteiger partial charge in [0.25, 0.3) is 0 Å². The predicted molar refractivity (Wildman–Crippen MR) is 77.7 cm³/mol. The molecule has 6 heteroatoms. The molecule has 0 aliphatic rings. The number of aryl methyl sites for hydroxylation is 2. The smallest absolute Gasteiger partial charge is 0.358 e. The number of para-hydroxylation sites is 1. The molecule has 0 unspecified atom stereocenters. The van der Waals surface area contributed by atoms with Crippen LogP contribution in [0.2, 0.25) is 0 Å². The Labute approximate surface area is 123 Å². The van der Waals surface area contributed by atoms with Crippen LogP contribution >= 0.6 is 0 Å². The molecule has 0 saturated carbocycles. The van der Waals surface area contributed by atoms with Gasteiger partial charge in [-0.1, -0.05) is 30.3 Å². The third-order valence-corrected chi connectivity index (χ3v) is 3.31. The van der Waals surface area contributed by atoms with Gasteiger partial charge in [0.15, 0.2) is 5.69 Å². The highest BCUT2D eigenvalue weighted by molar-refractivity contribution is 5.86. The highest BCUT2D eigenvalue weighted by atomic mass is 16.5. The van der Waals surface area contributed by atoms with Crippen LogP contribution in [-0.4, -0.2) is 32.7 Å². The molecule has 1 N–H and O–H groups in total. The van der Waals surface area contributed by atoms with Crippen LogP contribution in [0, 0.1) is 6.92 Å². The molecule has 2 rings (SSSR count). The summed E-state index contributed by atoms with van der Waals surface area (Å²) >= 11 is 0. The van der Waals surface area contributed by atoms with Crippen LogP contribution < -0.4 is 4.74 Å². The fraction of sp³-hybridized carbons (Fsp3) is 0.400. The third kappa shape index (κ3) is 3.59. The monoisotopic (exact) mass is 289 g/mol. The van der Waals surface area contributed by atoms with Crippen LogP contribution in [0.1, 0.15) is 35.1 Å². The highest BCUT2D eigenvalue weighted by Crippen LogP contribution is 2.18. The molecule has 2 aromatic rings. The zero-order valence-electron chi connectivity index (χ0n) is 12.2. The molecule has 112 valence electrons. The number of hydrogen-bond donors (Lipinski definition) is 1. The van der Waals surface area contributed by atoms with Gasteiger partial charge < -0.3 is 9.84 Å². The number of benzene rings is 1. The number of carboxylic acids is 1. The van der Waals surface area contributed by atoms with E-state index in [1.807, 2.05) is 18.2 Å². The van der Waals surface area contributed by atoms with Gasteiger partial charge in [-0.05, 0) is 25.0 Å². The van der Waals surface area contributed by atoms with Crippen LogP contribution in [0.4, 0.5) is 0 Å². The van der Waals surface area contributed by atoms with Gasteiger partial charge in [-0.15, -0.1) is 5.10 Å². The summed E-state index contributed by atoms with van der Waals surface area (Å²) in [5, 5.41) is 16.4. The minimum absolute atomic E-state index is 0.00671. The summed E-state index contributed by atoms with van der Waals surface area (Å²) in [7, 11) is 0. The SMILES string of the molecule is CCc1ccccc1OCCCn1nnc(C(=O)O)c1C. The van der Waals surface area contributed by atoms with Crippen molar-refractivity contribution in [1.82, 2.24) is 15.0 Å². The maximum absolute atomic E-state index is 10.9. The standard InChI is InChI=1S/C15H19N3O3/c1-3-12-7-4-5-8-13(12)21-10-6-9-18-11(2)14(15(19)20)16-17-18/h4-5,7-8H,3,6,9-10H2,1-2H3,(H,19,20). The minimum atomic E-state index is -1.05. The molecule has 0 aliphatic carbocycles. The van der Waals surface area contributed by atoms with Crippen molar-refractivity contribution in [3.63, 3.8) is 0 Å². The fourth-order valence-corrected chi connectivity index (χ4v) is 2.10. The van der Waals surface area contributed by atoms with Gasteiger partial charge >= 0.3 is 5.97 Å². The number of rotatable bonds is 7. The molecule has 1 aromatic heterocycles. The second-order valence-electron chi connectivity index (χ2n) is 4.72. The topological polar surface area (TPSA) is 77.2 Å². The average Bonchev–Trinajstić information content (AvgIpc) is 2.85. The molecule has 0 atom stereocenters. The van der Waals surface area contributed by atoms with E-state index in [1.54, 1.807) is 11.6 Å². The van der Waals surface area contributed by atoms with Crippen LogP contribution in [0.15, 0.2) is 24.3 Å². The van der Waals surface area contributed by atoms with Crippen molar-refractivity contribution >= 4 is 5.97 Å². The quantitative estimate of drug-likeness (QED) is 0.791. The van der Waals surface area contributed by atoms with Gasteiger partial charge in [0, 0.05) is 13.0 Å². The van der Waals surface area contributed by atoms with Gasteiger partial charge in [0.05, 0.1) is 12.3 Å². The molecule has 1 heterocycles. The number of aromatic carboxylic acids is 1. The molecule has 1 aromatic carbocycles. The Morgan fingerprint density at radius 3 is 2.81 bits per heavy atom. The van der Waals surface area contributed by atoms with E-state index in [9.17, 15) is 4.79 Å². The van der Waals surface area contributed by atoms with Crippen LogP contribution in [0.3, 0.4) is 0 Å². The molecule has 0 saturated heterocycles. The first-order valence-electron chi connectivity index (χ1n) is 6.97. The van der Waals surface area contributed by atoms with Crippen molar-refractivity contribution in [2.75, 3.05) is 6.61 Å². The lowest BCUT2D eigenvalue weighted by molar-refractivity contribution is 0.0689. The van der Waals surface area contributed by atoms with Crippen LogP contribution in [0.25, 0.3) is 0 Å². The lowest BCUT2D eigenvalue weighted by Gasteiger charge is -2.10. The van der Waals surface area contributed by atoms with E-state index in [-0.39, 0.29) is 5.69 Å². The van der Waals surface area contributed by atoms with Gasteiger partial charge in [0.2, 0.25) is 0 Å². The van der Waals surface area contributed by atoms with E-state index in [1.165, 1.54) is 5.56 Å². The molecule has 0 fully saturated rings. The Bertz CT molecular complexity index is 622. The summed E-state index contributed by atoms with van der Waals surface area (Å²) in [6, 6.07) is 7.96. The highest BCUT2D eigenvalue weighted by Gasteiger charge is 2.14. The van der Waals surface area contributed by atoms with Crippen molar-refractivity contribution < 1.29 is 14.6 Å². The zero-order chi connectivity index (χ0) is 15.2. The second kappa shape index (κ2) is 6.88. The van der Waals surface area contributed by atoms with E-state index in [0.717, 1.165) is 18.6 Å². The average molecular weight is 289 g/mol. The first kappa shape index (κ1) is 15.0. The van der Waals surface area contributed by atoms with E-state index < -0.39 is 5.97 Å². The van der Waals surface area contributed by atoms with E-state index in [2.05, 4.69) is 23.3 Å². The Morgan fingerprint density at radius 1 is 1.38 bits per heavy atom. The van der Waals surface area contributed by atoms with E-state index in [4.69, 9.17) is 9.84 Å². The van der Waals surface area contributed by atoms with E-state index in [0.29, 0.717) is 18.8 Å². The number of nitrogens with zero attached hydrogens (tertiary/aromatic N) is 3. The Hall–Kier alpha value is -2.37. The van der Waals surface area contributed by atoms with Crippen LogP contribution in [-0.2, 0) is 13.0 Å². The molecular weight excluding hydrogens is 270 g/mol. The van der Waals surface area contributed by atoms with Crippen molar-refractivity contribution in [2.24, 2.45) is 0 Å². The van der Waals surface area contributed by atoms with Crippen molar-refractivity contribution in [3.05, 3.63) is 41.2 Å². The minimum Gasteiger partial charge on any atom is -0.493 e. The van der Waals surface area contributed by atoms with Crippen molar-refractivity contribution in [2.45, 2.75) is 33.2 Å². The van der Waals surface area contributed by atoms with Gasteiger partial charge in [-0.2, -0.15) is 0 Å². The summed E-state index contributed by atoms with van der Waals surface area (Å²) in [5.41, 5.74) is 1.76. The number of hydrogen-bond acceptors (Lipinski definition) is 4. The summed E-state index contributed by atoms with van der Waals surface area (Å²) in [4.78, 5) is 10.9. The molecule has 0 radical (unpaired) electrons. The lowest BCUT2D eigenvalue weighted by atomic mass is 10.1. The summed E-state index contributed by atoms with van der Waals surface area (Å²) in [6.07, 6.45) is 1.67. The number of carboxylic acid groups (broad SMARTS) is 1. The van der Waals surface area contributed by atoms with Crippen molar-refractivity contribution in [3.8, 4) is 5.75 Å². The molecule has 0 spiro atoms. The number of aromatic nitrogens is 3. The van der Waals surface area contributed by atoms with Gasteiger partial charge in [0.1, 0.15) is 5.75 Å². The normalized spacial score (nSPS) is 10.6. The maximum Gasteiger partial charge on any atom is 0.358 e. The fourth-order valence-electron chi connectivity index (χ4n) is 2.10. The first-order chi connectivity index (χ1) is 10.1. The Kier molecular flexibility index (Phi) is 4.92. The molecule has 0 bridgehead atoms. The number of ether oxygens (including phenoxy) is 1. The van der Waals surface area contributed by atoms with Crippen molar-refractivity contribution in [1.29, 1.82) is 0 Å². The summed E-state index contributed by atoms with van der Waals surface area (Å²) < 4.78 is 7.36. The second-order valence-corrected chi connectivity index (χ2v) is 4.72. The third-order valence-electron chi connectivity index (χ3n) is 3.31. The zero-order valence-corrected chi connectivity index (χ0v) is 12.2. The summed E-state index contributed by atoms with van der Waals surface area (Å²) in [6.45, 7) is 4.93. The first-order valence-corrected chi connectivity index (χ1v) is 6.97. The maximum atomic E-state index is 10.9. The van der Waals surface area contributed by atoms with Gasteiger partial charge in [-0.25, -0.2) is 9.48 Å². The lowest BCUT2D eigenvalue weighted by Crippen LogP contribution is -2.08.